The van der Waals surface area contributed by atoms with E-state index in [2.05, 4.69) is 18.7 Å². The highest BCUT2D eigenvalue weighted by molar-refractivity contribution is 5.95. The lowest BCUT2D eigenvalue weighted by molar-refractivity contribution is 0.0595. The summed E-state index contributed by atoms with van der Waals surface area (Å²) >= 11 is 0. The van der Waals surface area contributed by atoms with E-state index in [4.69, 9.17) is 9.47 Å². The molecule has 1 aromatic carbocycles. The van der Waals surface area contributed by atoms with Gasteiger partial charge in [-0.15, -0.1) is 0 Å². The zero-order chi connectivity index (χ0) is 16.8. The molecular weight excluding hydrogens is 292 g/mol. The molecule has 1 aliphatic heterocycles. The summed E-state index contributed by atoms with van der Waals surface area (Å²) in [6, 6.07) is 5.98. The fourth-order valence-electron chi connectivity index (χ4n) is 2.81. The summed E-state index contributed by atoms with van der Waals surface area (Å²) < 4.78 is 11.2. The van der Waals surface area contributed by atoms with E-state index in [1.165, 1.54) is 0 Å². The Labute approximate surface area is 139 Å². The van der Waals surface area contributed by atoms with Crippen molar-refractivity contribution in [2.75, 3.05) is 39.4 Å². The highest BCUT2D eigenvalue weighted by Gasteiger charge is 2.24. The molecule has 128 valence electrons. The summed E-state index contributed by atoms with van der Waals surface area (Å²) in [6.45, 7) is 12.8. The number of carbonyl (C=O) groups is 1. The van der Waals surface area contributed by atoms with Gasteiger partial charge in [0.05, 0.1) is 13.2 Å². The lowest BCUT2D eigenvalue weighted by Gasteiger charge is -2.37. The van der Waals surface area contributed by atoms with Crippen molar-refractivity contribution in [3.63, 3.8) is 0 Å². The first-order valence-electron chi connectivity index (χ1n) is 8.49. The molecule has 0 saturated carbocycles. The highest BCUT2D eigenvalue weighted by Crippen LogP contribution is 2.29. The average molecular weight is 320 g/mol. The molecule has 0 aromatic heterocycles. The van der Waals surface area contributed by atoms with Gasteiger partial charge in [-0.1, -0.05) is 0 Å². The molecule has 1 saturated heterocycles. The zero-order valence-corrected chi connectivity index (χ0v) is 14.7. The Morgan fingerprint density at radius 2 is 1.65 bits per heavy atom. The van der Waals surface area contributed by atoms with Crippen LogP contribution in [0.15, 0.2) is 18.2 Å². The molecule has 1 fully saturated rings. The third-order valence-electron chi connectivity index (χ3n) is 4.12. The van der Waals surface area contributed by atoms with Gasteiger partial charge in [-0.05, 0) is 45.9 Å². The molecule has 5 heteroatoms. The van der Waals surface area contributed by atoms with Crippen molar-refractivity contribution < 1.29 is 14.3 Å². The quantitative estimate of drug-likeness (QED) is 0.808. The molecule has 0 spiro atoms. The minimum absolute atomic E-state index is 0.0670. The van der Waals surface area contributed by atoms with Crippen molar-refractivity contribution in [3.05, 3.63) is 23.8 Å². The summed E-state index contributed by atoms with van der Waals surface area (Å²) in [5.41, 5.74) is 0.662. The molecule has 1 amide bonds. The van der Waals surface area contributed by atoms with Crippen LogP contribution in [0.2, 0.25) is 0 Å². The Hall–Kier alpha value is -1.75. The number of piperazine rings is 1. The van der Waals surface area contributed by atoms with Crippen LogP contribution in [0.4, 0.5) is 0 Å². The Balaban J connectivity index is 2.09. The number of hydrogen-bond acceptors (Lipinski definition) is 4. The zero-order valence-electron chi connectivity index (χ0n) is 14.7. The van der Waals surface area contributed by atoms with Crippen LogP contribution >= 0.6 is 0 Å². The van der Waals surface area contributed by atoms with E-state index in [1.54, 1.807) is 6.07 Å². The third-order valence-corrected chi connectivity index (χ3v) is 4.12. The van der Waals surface area contributed by atoms with E-state index in [9.17, 15) is 4.79 Å². The van der Waals surface area contributed by atoms with E-state index in [1.807, 2.05) is 30.9 Å². The Morgan fingerprint density at radius 1 is 1.04 bits per heavy atom. The number of amides is 1. The Bertz CT molecular complexity index is 523. The van der Waals surface area contributed by atoms with Crippen molar-refractivity contribution in [1.82, 2.24) is 9.80 Å². The van der Waals surface area contributed by atoms with Crippen LogP contribution in [0.25, 0.3) is 0 Å². The molecule has 1 aliphatic rings. The van der Waals surface area contributed by atoms with Gasteiger partial charge in [0.15, 0.2) is 11.5 Å². The predicted molar refractivity (Wildman–Crippen MR) is 91.4 cm³/mol. The summed E-state index contributed by atoms with van der Waals surface area (Å²) in [4.78, 5) is 17.0. The number of hydrogen-bond donors (Lipinski definition) is 0. The predicted octanol–water partition coefficient (Wildman–Crippen LogP) is 2.65. The maximum absolute atomic E-state index is 12.7. The fourth-order valence-corrected chi connectivity index (χ4v) is 2.81. The van der Waals surface area contributed by atoms with Gasteiger partial charge in [0.1, 0.15) is 0 Å². The van der Waals surface area contributed by atoms with Crippen molar-refractivity contribution in [3.8, 4) is 11.5 Å². The van der Waals surface area contributed by atoms with Gasteiger partial charge in [0.2, 0.25) is 0 Å². The first-order chi connectivity index (χ1) is 11.1. The molecule has 0 unspecified atom stereocenters. The van der Waals surface area contributed by atoms with Gasteiger partial charge in [-0.25, -0.2) is 0 Å². The van der Waals surface area contributed by atoms with Crippen LogP contribution in [0.3, 0.4) is 0 Å². The van der Waals surface area contributed by atoms with E-state index in [0.29, 0.717) is 36.3 Å². The molecule has 23 heavy (non-hydrogen) atoms. The Kier molecular flexibility index (Phi) is 6.28. The van der Waals surface area contributed by atoms with Crippen LogP contribution in [0, 0.1) is 0 Å². The summed E-state index contributed by atoms with van der Waals surface area (Å²) in [5, 5.41) is 0. The lowest BCUT2D eigenvalue weighted by atomic mass is 10.1. The van der Waals surface area contributed by atoms with Gasteiger partial charge < -0.3 is 14.4 Å². The van der Waals surface area contributed by atoms with Crippen molar-refractivity contribution in [1.29, 1.82) is 0 Å². The first-order valence-corrected chi connectivity index (χ1v) is 8.49. The Morgan fingerprint density at radius 3 is 2.22 bits per heavy atom. The van der Waals surface area contributed by atoms with Crippen LogP contribution in [0.5, 0.6) is 11.5 Å². The second-order valence-electron chi connectivity index (χ2n) is 5.95. The molecule has 5 nitrogen and oxygen atoms in total. The van der Waals surface area contributed by atoms with E-state index >= 15 is 0 Å². The van der Waals surface area contributed by atoms with Crippen molar-refractivity contribution >= 4 is 5.91 Å². The van der Waals surface area contributed by atoms with Crippen LogP contribution < -0.4 is 9.47 Å². The molecule has 0 atom stereocenters. The van der Waals surface area contributed by atoms with Gasteiger partial charge in [-0.3, -0.25) is 9.69 Å². The number of ether oxygens (including phenoxy) is 2. The molecule has 2 rings (SSSR count). The van der Waals surface area contributed by atoms with E-state index in [0.717, 1.165) is 26.2 Å². The molecule has 1 heterocycles. The average Bonchev–Trinajstić information content (AvgIpc) is 2.56. The monoisotopic (exact) mass is 320 g/mol. The minimum atomic E-state index is 0.0670. The van der Waals surface area contributed by atoms with E-state index in [-0.39, 0.29) is 5.91 Å². The second kappa shape index (κ2) is 8.20. The van der Waals surface area contributed by atoms with Gasteiger partial charge in [0, 0.05) is 37.8 Å². The second-order valence-corrected chi connectivity index (χ2v) is 5.95. The molecule has 1 aromatic rings. The van der Waals surface area contributed by atoms with Crippen molar-refractivity contribution in [2.24, 2.45) is 0 Å². The molecule has 0 N–H and O–H groups in total. The number of nitrogens with zero attached hydrogens (tertiary/aromatic N) is 2. The standard InChI is InChI=1S/C18H28N2O3/c1-5-22-16-8-7-15(13-17(16)23-6-2)18(21)20-11-9-19(10-12-20)14(3)4/h7-8,13-14H,5-6,9-12H2,1-4H3. The fraction of sp³-hybridized carbons (Fsp3) is 0.611. The summed E-state index contributed by atoms with van der Waals surface area (Å²) in [7, 11) is 0. The normalized spacial score (nSPS) is 15.8. The molecular formula is C18H28N2O3. The number of carbonyl (C=O) groups excluding carboxylic acids is 1. The first kappa shape index (κ1) is 17.6. The molecule has 0 aliphatic carbocycles. The highest BCUT2D eigenvalue weighted by atomic mass is 16.5. The van der Waals surface area contributed by atoms with Gasteiger partial charge >= 0.3 is 0 Å². The number of rotatable bonds is 6. The smallest absolute Gasteiger partial charge is 0.254 e. The van der Waals surface area contributed by atoms with Gasteiger partial charge in [0.25, 0.3) is 5.91 Å². The maximum atomic E-state index is 12.7. The summed E-state index contributed by atoms with van der Waals surface area (Å²) in [6.07, 6.45) is 0. The SMILES string of the molecule is CCOc1ccc(C(=O)N2CCN(C(C)C)CC2)cc1OCC. The maximum Gasteiger partial charge on any atom is 0.254 e. The lowest BCUT2D eigenvalue weighted by Crippen LogP contribution is -2.50. The van der Waals surface area contributed by atoms with E-state index < -0.39 is 0 Å². The van der Waals surface area contributed by atoms with Crippen LogP contribution in [0.1, 0.15) is 38.1 Å². The summed E-state index contributed by atoms with van der Waals surface area (Å²) in [5.74, 6) is 1.40. The topological polar surface area (TPSA) is 42.0 Å². The van der Waals surface area contributed by atoms with Gasteiger partial charge in [-0.2, -0.15) is 0 Å². The van der Waals surface area contributed by atoms with Crippen molar-refractivity contribution in [2.45, 2.75) is 33.7 Å². The largest absolute Gasteiger partial charge is 0.490 e. The van der Waals surface area contributed by atoms with Crippen LogP contribution in [-0.4, -0.2) is 61.1 Å². The molecule has 0 radical (unpaired) electrons. The van der Waals surface area contributed by atoms with Crippen LogP contribution in [-0.2, 0) is 0 Å². The third kappa shape index (κ3) is 4.38. The minimum Gasteiger partial charge on any atom is -0.490 e. The molecule has 0 bridgehead atoms. The number of benzene rings is 1.